The predicted molar refractivity (Wildman–Crippen MR) is 66.2 cm³/mol. The van der Waals surface area contributed by atoms with E-state index >= 15 is 0 Å². The minimum absolute atomic E-state index is 0.500. The highest BCUT2D eigenvalue weighted by molar-refractivity contribution is 5.92. The first-order chi connectivity index (χ1) is 7.74. The van der Waals surface area contributed by atoms with Crippen molar-refractivity contribution in [1.82, 2.24) is 0 Å². The Morgan fingerprint density at radius 3 is 2.50 bits per heavy atom. The van der Waals surface area contributed by atoms with Gasteiger partial charge in [-0.05, 0) is 24.5 Å². The number of carboxylic acid groups (broad SMARTS) is 1. The van der Waals surface area contributed by atoms with Crippen molar-refractivity contribution in [2.75, 3.05) is 0 Å². The second-order valence-electron chi connectivity index (χ2n) is 3.84. The molecule has 1 N–H and O–H groups in total. The van der Waals surface area contributed by atoms with Gasteiger partial charge in [-0.3, -0.25) is 0 Å². The van der Waals surface area contributed by atoms with E-state index in [0.717, 1.165) is 24.8 Å². The Hall–Kier alpha value is -1.57. The van der Waals surface area contributed by atoms with Crippen LogP contribution in [0.15, 0.2) is 35.9 Å². The zero-order chi connectivity index (χ0) is 11.8. The number of unbranched alkanes of at least 4 members (excludes halogenated alkanes) is 2. The van der Waals surface area contributed by atoms with E-state index in [-0.39, 0.29) is 0 Å². The highest BCUT2D eigenvalue weighted by Gasteiger charge is 2.06. The molecule has 0 aliphatic rings. The quantitative estimate of drug-likeness (QED) is 0.583. The summed E-state index contributed by atoms with van der Waals surface area (Å²) in [5, 5.41) is 9.07. The molecule has 0 radical (unpaired) electrons. The van der Waals surface area contributed by atoms with Gasteiger partial charge in [-0.15, -0.1) is 0 Å². The van der Waals surface area contributed by atoms with Gasteiger partial charge in [0.2, 0.25) is 0 Å². The van der Waals surface area contributed by atoms with Gasteiger partial charge in [0.1, 0.15) is 0 Å². The average Bonchev–Trinajstić information content (AvgIpc) is 2.29. The Morgan fingerprint density at radius 2 is 1.94 bits per heavy atom. The van der Waals surface area contributed by atoms with Crippen molar-refractivity contribution in [2.45, 2.75) is 32.6 Å². The number of hydrogen-bond donors (Lipinski definition) is 1. The van der Waals surface area contributed by atoms with E-state index in [2.05, 4.69) is 6.92 Å². The van der Waals surface area contributed by atoms with Crippen molar-refractivity contribution in [1.29, 1.82) is 0 Å². The molecule has 0 saturated carbocycles. The predicted octanol–water partition coefficient (Wildman–Crippen LogP) is 3.73. The maximum Gasteiger partial charge on any atom is 0.331 e. The monoisotopic (exact) mass is 218 g/mol. The molecule has 16 heavy (non-hydrogen) atoms. The van der Waals surface area contributed by atoms with E-state index < -0.39 is 5.97 Å². The topological polar surface area (TPSA) is 37.3 Å². The van der Waals surface area contributed by atoms with Gasteiger partial charge >= 0.3 is 5.97 Å². The second-order valence-corrected chi connectivity index (χ2v) is 3.84. The van der Waals surface area contributed by atoms with Crippen LogP contribution in [0.1, 0.15) is 38.2 Å². The number of carbonyl (C=O) groups is 1. The molecule has 0 unspecified atom stereocenters. The van der Waals surface area contributed by atoms with Crippen LogP contribution in [0.4, 0.5) is 0 Å². The molecule has 0 amide bonds. The van der Waals surface area contributed by atoms with Gasteiger partial charge < -0.3 is 5.11 Å². The highest BCUT2D eigenvalue weighted by Crippen LogP contribution is 2.13. The number of aliphatic carboxylic acids is 1. The fraction of sp³-hybridized carbons (Fsp3) is 0.357. The van der Waals surface area contributed by atoms with Crippen LogP contribution < -0.4 is 0 Å². The number of benzene rings is 1. The van der Waals surface area contributed by atoms with Crippen LogP contribution in [-0.4, -0.2) is 11.1 Å². The van der Waals surface area contributed by atoms with Crippen LogP contribution in [0.25, 0.3) is 6.08 Å². The van der Waals surface area contributed by atoms with Crippen molar-refractivity contribution in [3.63, 3.8) is 0 Å². The molecule has 86 valence electrons. The molecule has 0 fully saturated rings. The summed E-state index contributed by atoms with van der Waals surface area (Å²) in [4.78, 5) is 11.0. The SMILES string of the molecule is CCCCCC(=Cc1ccccc1)C(=O)O. The smallest absolute Gasteiger partial charge is 0.331 e. The van der Waals surface area contributed by atoms with Crippen LogP contribution in [0.5, 0.6) is 0 Å². The van der Waals surface area contributed by atoms with Crippen LogP contribution in [0.2, 0.25) is 0 Å². The first-order valence-electron chi connectivity index (χ1n) is 5.73. The maximum atomic E-state index is 11.0. The molecular formula is C14H18O2. The molecule has 0 spiro atoms. The molecule has 2 heteroatoms. The lowest BCUT2D eigenvalue weighted by Gasteiger charge is -2.02. The van der Waals surface area contributed by atoms with E-state index in [9.17, 15) is 4.79 Å². The third-order valence-electron chi connectivity index (χ3n) is 2.46. The van der Waals surface area contributed by atoms with Crippen molar-refractivity contribution in [2.24, 2.45) is 0 Å². The van der Waals surface area contributed by atoms with Crippen molar-refractivity contribution < 1.29 is 9.90 Å². The molecular weight excluding hydrogens is 200 g/mol. The molecule has 0 aliphatic heterocycles. The molecule has 0 saturated heterocycles. The second kappa shape index (κ2) is 6.83. The minimum atomic E-state index is -0.806. The molecule has 0 aromatic heterocycles. The average molecular weight is 218 g/mol. The lowest BCUT2D eigenvalue weighted by molar-refractivity contribution is -0.132. The van der Waals surface area contributed by atoms with E-state index in [1.54, 1.807) is 6.08 Å². The molecule has 1 aromatic carbocycles. The van der Waals surface area contributed by atoms with Crippen LogP contribution in [-0.2, 0) is 4.79 Å². The number of carboxylic acids is 1. The lowest BCUT2D eigenvalue weighted by Crippen LogP contribution is -2.00. The van der Waals surface area contributed by atoms with Gasteiger partial charge in [0, 0.05) is 5.57 Å². The van der Waals surface area contributed by atoms with E-state index in [1.807, 2.05) is 30.3 Å². The maximum absolute atomic E-state index is 11.0. The number of rotatable bonds is 6. The van der Waals surface area contributed by atoms with Gasteiger partial charge in [0.05, 0.1) is 0 Å². The molecule has 0 heterocycles. The Balaban J connectivity index is 2.70. The van der Waals surface area contributed by atoms with Crippen LogP contribution in [0.3, 0.4) is 0 Å². The van der Waals surface area contributed by atoms with Crippen molar-refractivity contribution >= 4 is 12.0 Å². The fourth-order valence-corrected chi connectivity index (χ4v) is 1.56. The van der Waals surface area contributed by atoms with Gasteiger partial charge in [-0.2, -0.15) is 0 Å². The van der Waals surface area contributed by atoms with Gasteiger partial charge in [0.25, 0.3) is 0 Å². The highest BCUT2D eigenvalue weighted by atomic mass is 16.4. The Morgan fingerprint density at radius 1 is 1.25 bits per heavy atom. The molecule has 1 aromatic rings. The first-order valence-corrected chi connectivity index (χ1v) is 5.73. The van der Waals surface area contributed by atoms with Crippen molar-refractivity contribution in [3.05, 3.63) is 41.5 Å². The normalized spacial score (nSPS) is 11.4. The molecule has 1 rings (SSSR count). The summed E-state index contributed by atoms with van der Waals surface area (Å²) in [5.74, 6) is -0.806. The standard InChI is InChI=1S/C14H18O2/c1-2-3-5-10-13(14(15)16)11-12-8-6-4-7-9-12/h4,6-9,11H,2-3,5,10H2,1H3,(H,15,16). The molecule has 2 nitrogen and oxygen atoms in total. The summed E-state index contributed by atoms with van der Waals surface area (Å²) >= 11 is 0. The summed E-state index contributed by atoms with van der Waals surface area (Å²) < 4.78 is 0. The van der Waals surface area contributed by atoms with E-state index in [0.29, 0.717) is 12.0 Å². The summed E-state index contributed by atoms with van der Waals surface area (Å²) in [5.41, 5.74) is 1.45. The Kier molecular flexibility index (Phi) is 5.34. The summed E-state index contributed by atoms with van der Waals surface area (Å²) in [6, 6.07) is 9.59. The minimum Gasteiger partial charge on any atom is -0.478 e. The zero-order valence-corrected chi connectivity index (χ0v) is 9.65. The fourth-order valence-electron chi connectivity index (χ4n) is 1.56. The van der Waals surface area contributed by atoms with Gasteiger partial charge in [0.15, 0.2) is 0 Å². The van der Waals surface area contributed by atoms with Crippen LogP contribution >= 0.6 is 0 Å². The largest absolute Gasteiger partial charge is 0.478 e. The number of hydrogen-bond acceptors (Lipinski definition) is 1. The summed E-state index contributed by atoms with van der Waals surface area (Å²) in [6.45, 7) is 2.11. The molecule has 0 aliphatic carbocycles. The molecule has 0 atom stereocenters. The third kappa shape index (κ3) is 4.30. The summed E-state index contributed by atoms with van der Waals surface area (Å²) in [6.07, 6.45) is 5.55. The van der Waals surface area contributed by atoms with Gasteiger partial charge in [-0.25, -0.2) is 4.79 Å². The van der Waals surface area contributed by atoms with Crippen molar-refractivity contribution in [3.8, 4) is 0 Å². The van der Waals surface area contributed by atoms with E-state index in [1.165, 1.54) is 0 Å². The van der Waals surface area contributed by atoms with Crippen LogP contribution in [0, 0.1) is 0 Å². The molecule has 0 bridgehead atoms. The first kappa shape index (κ1) is 12.5. The van der Waals surface area contributed by atoms with Gasteiger partial charge in [-0.1, -0.05) is 50.1 Å². The third-order valence-corrected chi connectivity index (χ3v) is 2.46. The lowest BCUT2D eigenvalue weighted by atomic mass is 10.0. The summed E-state index contributed by atoms with van der Waals surface area (Å²) in [7, 11) is 0. The Bertz CT molecular complexity index is 352. The Labute approximate surface area is 96.6 Å². The van der Waals surface area contributed by atoms with E-state index in [4.69, 9.17) is 5.11 Å². The zero-order valence-electron chi connectivity index (χ0n) is 9.65.